The number of rotatable bonds is 6. The van der Waals surface area contributed by atoms with Crippen molar-refractivity contribution in [2.45, 2.75) is 13.0 Å². The number of carbonyl (C=O) groups excluding carboxylic acids is 1. The molecule has 0 aliphatic heterocycles. The van der Waals surface area contributed by atoms with Crippen molar-refractivity contribution in [3.63, 3.8) is 0 Å². The van der Waals surface area contributed by atoms with Crippen molar-refractivity contribution in [3.8, 4) is 11.3 Å². The van der Waals surface area contributed by atoms with E-state index in [9.17, 15) is 9.18 Å². The van der Waals surface area contributed by atoms with Crippen molar-refractivity contribution < 1.29 is 13.6 Å². The van der Waals surface area contributed by atoms with Gasteiger partial charge in [-0.3, -0.25) is 0 Å². The first-order valence-electron chi connectivity index (χ1n) is 7.97. The third kappa shape index (κ3) is 4.67. The fourth-order valence-electron chi connectivity index (χ4n) is 2.36. The minimum atomic E-state index is -0.351. The predicted molar refractivity (Wildman–Crippen MR) is 92.3 cm³/mol. The number of amides is 2. The average molecular weight is 339 g/mol. The van der Waals surface area contributed by atoms with Crippen LogP contribution in [0.2, 0.25) is 0 Å². The fraction of sp³-hybridized carbons (Fsp3) is 0.158. The number of halogens is 1. The first-order valence-corrected chi connectivity index (χ1v) is 7.97. The van der Waals surface area contributed by atoms with Crippen molar-refractivity contribution in [1.29, 1.82) is 0 Å². The second kappa shape index (κ2) is 8.10. The van der Waals surface area contributed by atoms with Crippen LogP contribution in [-0.4, -0.2) is 17.6 Å². The molecule has 3 aromatic rings. The highest BCUT2D eigenvalue weighted by Gasteiger charge is 2.08. The Morgan fingerprint density at radius 1 is 1.04 bits per heavy atom. The lowest BCUT2D eigenvalue weighted by molar-refractivity contribution is 0.239. The lowest BCUT2D eigenvalue weighted by atomic mass is 10.1. The van der Waals surface area contributed by atoms with Crippen LogP contribution in [0.25, 0.3) is 11.3 Å². The minimum Gasteiger partial charge on any atom is -0.439 e. The Balaban J connectivity index is 1.44. The molecular weight excluding hydrogens is 321 g/mol. The summed E-state index contributed by atoms with van der Waals surface area (Å²) in [4.78, 5) is 15.9. The van der Waals surface area contributed by atoms with E-state index in [1.807, 2.05) is 30.3 Å². The molecule has 0 spiro atoms. The third-order valence-electron chi connectivity index (χ3n) is 3.65. The van der Waals surface area contributed by atoms with Gasteiger partial charge in [0.2, 0.25) is 5.89 Å². The highest BCUT2D eigenvalue weighted by Crippen LogP contribution is 2.19. The van der Waals surface area contributed by atoms with E-state index in [4.69, 9.17) is 4.42 Å². The van der Waals surface area contributed by atoms with E-state index in [1.165, 1.54) is 6.07 Å². The number of aromatic nitrogens is 1. The van der Waals surface area contributed by atoms with Crippen LogP contribution in [0, 0.1) is 5.82 Å². The normalized spacial score (nSPS) is 10.4. The zero-order chi connectivity index (χ0) is 17.5. The molecule has 0 saturated carbocycles. The Morgan fingerprint density at radius 3 is 2.60 bits per heavy atom. The van der Waals surface area contributed by atoms with Crippen LogP contribution in [0.4, 0.5) is 9.18 Å². The second-order valence-electron chi connectivity index (χ2n) is 5.44. The van der Waals surface area contributed by atoms with Gasteiger partial charge in [-0.1, -0.05) is 48.5 Å². The van der Waals surface area contributed by atoms with Gasteiger partial charge in [0.05, 0.1) is 12.7 Å². The zero-order valence-electron chi connectivity index (χ0n) is 13.5. The maximum Gasteiger partial charge on any atom is 0.315 e. The number of hydrogen-bond donors (Lipinski definition) is 2. The first-order chi connectivity index (χ1) is 12.2. The van der Waals surface area contributed by atoms with Crippen LogP contribution in [0.5, 0.6) is 0 Å². The van der Waals surface area contributed by atoms with E-state index >= 15 is 0 Å². The zero-order valence-corrected chi connectivity index (χ0v) is 13.5. The van der Waals surface area contributed by atoms with Crippen LogP contribution in [0.1, 0.15) is 11.5 Å². The molecule has 128 valence electrons. The van der Waals surface area contributed by atoms with Crippen LogP contribution in [0.15, 0.2) is 65.2 Å². The van der Waals surface area contributed by atoms with Gasteiger partial charge in [0.15, 0.2) is 5.76 Å². The van der Waals surface area contributed by atoms with Gasteiger partial charge in [0.25, 0.3) is 0 Å². The molecule has 0 radical (unpaired) electrons. The standard InChI is InChI=1S/C19H18FN3O2/c20-16-9-5-4-6-14(16)10-11-21-19(24)23-13-18-22-12-17(25-18)15-7-2-1-3-8-15/h1-9,12H,10-11,13H2,(H2,21,23,24). The van der Waals surface area contributed by atoms with Gasteiger partial charge in [-0.25, -0.2) is 14.2 Å². The van der Waals surface area contributed by atoms with Crippen LogP contribution in [-0.2, 0) is 13.0 Å². The molecule has 0 unspecified atom stereocenters. The topological polar surface area (TPSA) is 67.2 Å². The monoisotopic (exact) mass is 339 g/mol. The molecule has 0 saturated heterocycles. The Kier molecular flexibility index (Phi) is 5.41. The molecule has 2 aromatic carbocycles. The van der Waals surface area contributed by atoms with Gasteiger partial charge < -0.3 is 15.1 Å². The second-order valence-corrected chi connectivity index (χ2v) is 5.44. The van der Waals surface area contributed by atoms with Crippen LogP contribution < -0.4 is 10.6 Å². The molecule has 3 rings (SSSR count). The number of nitrogens with one attached hydrogen (secondary N) is 2. The summed E-state index contributed by atoms with van der Waals surface area (Å²) in [6.45, 7) is 0.520. The molecule has 2 N–H and O–H groups in total. The molecule has 1 aromatic heterocycles. The largest absolute Gasteiger partial charge is 0.439 e. The summed E-state index contributed by atoms with van der Waals surface area (Å²) < 4.78 is 19.1. The SMILES string of the molecule is O=C(NCCc1ccccc1F)NCc1ncc(-c2ccccc2)o1. The minimum absolute atomic E-state index is 0.179. The lowest BCUT2D eigenvalue weighted by Crippen LogP contribution is -2.36. The molecule has 0 aliphatic rings. The molecule has 0 fully saturated rings. The smallest absolute Gasteiger partial charge is 0.315 e. The van der Waals surface area contributed by atoms with Crippen molar-refractivity contribution in [1.82, 2.24) is 15.6 Å². The van der Waals surface area contributed by atoms with Crippen LogP contribution >= 0.6 is 0 Å². The average Bonchev–Trinajstić information content (AvgIpc) is 3.11. The molecule has 0 atom stereocenters. The third-order valence-corrected chi connectivity index (χ3v) is 3.65. The summed E-state index contributed by atoms with van der Waals surface area (Å²) in [5.74, 6) is 0.804. The van der Waals surface area contributed by atoms with E-state index in [0.29, 0.717) is 30.2 Å². The summed E-state index contributed by atoms with van der Waals surface area (Å²) in [6.07, 6.45) is 2.06. The maximum absolute atomic E-state index is 13.5. The highest BCUT2D eigenvalue weighted by molar-refractivity contribution is 5.73. The molecule has 2 amide bonds. The molecule has 5 nitrogen and oxygen atoms in total. The molecule has 6 heteroatoms. The van der Waals surface area contributed by atoms with Gasteiger partial charge in [0, 0.05) is 12.1 Å². The summed E-state index contributed by atoms with van der Waals surface area (Å²) in [5.41, 5.74) is 1.50. The fourth-order valence-corrected chi connectivity index (χ4v) is 2.36. The van der Waals surface area contributed by atoms with E-state index in [2.05, 4.69) is 15.6 Å². The van der Waals surface area contributed by atoms with Crippen molar-refractivity contribution in [3.05, 3.63) is 78.1 Å². The van der Waals surface area contributed by atoms with Crippen LogP contribution in [0.3, 0.4) is 0 Å². The van der Waals surface area contributed by atoms with Gasteiger partial charge in [-0.2, -0.15) is 0 Å². The van der Waals surface area contributed by atoms with E-state index in [1.54, 1.807) is 24.4 Å². The number of oxazole rings is 1. The van der Waals surface area contributed by atoms with Gasteiger partial charge in [0.1, 0.15) is 5.82 Å². The Labute approximate surface area is 144 Å². The van der Waals surface area contributed by atoms with Crippen molar-refractivity contribution >= 4 is 6.03 Å². The van der Waals surface area contributed by atoms with E-state index in [-0.39, 0.29) is 18.4 Å². The van der Waals surface area contributed by atoms with Gasteiger partial charge in [-0.05, 0) is 18.1 Å². The number of benzene rings is 2. The molecule has 0 aliphatic carbocycles. The van der Waals surface area contributed by atoms with Crippen molar-refractivity contribution in [2.24, 2.45) is 0 Å². The molecular formula is C19H18FN3O2. The number of nitrogens with zero attached hydrogens (tertiary/aromatic N) is 1. The summed E-state index contributed by atoms with van der Waals surface area (Å²) in [7, 11) is 0. The Bertz CT molecular complexity index is 833. The van der Waals surface area contributed by atoms with E-state index in [0.717, 1.165) is 5.56 Å². The Morgan fingerprint density at radius 2 is 1.80 bits per heavy atom. The van der Waals surface area contributed by atoms with Crippen molar-refractivity contribution in [2.75, 3.05) is 6.54 Å². The first kappa shape index (κ1) is 16.7. The number of urea groups is 1. The van der Waals surface area contributed by atoms with Gasteiger partial charge >= 0.3 is 6.03 Å². The molecule has 0 bridgehead atoms. The predicted octanol–water partition coefficient (Wildman–Crippen LogP) is 3.52. The lowest BCUT2D eigenvalue weighted by Gasteiger charge is -2.06. The van der Waals surface area contributed by atoms with E-state index < -0.39 is 0 Å². The van der Waals surface area contributed by atoms with Gasteiger partial charge in [-0.15, -0.1) is 0 Å². The summed E-state index contributed by atoms with van der Waals surface area (Å²) in [6, 6.07) is 15.8. The number of carbonyl (C=O) groups is 1. The highest BCUT2D eigenvalue weighted by atomic mass is 19.1. The maximum atomic E-state index is 13.5. The quantitative estimate of drug-likeness (QED) is 0.722. The Hall–Kier alpha value is -3.15. The molecule has 1 heterocycles. The summed E-state index contributed by atoms with van der Waals surface area (Å²) in [5, 5.41) is 5.35. The number of hydrogen-bond acceptors (Lipinski definition) is 3. The molecule has 25 heavy (non-hydrogen) atoms. The summed E-state index contributed by atoms with van der Waals surface area (Å²) >= 11 is 0.